The molecule has 2 aliphatic heterocycles. The summed E-state index contributed by atoms with van der Waals surface area (Å²) in [5, 5.41) is 3.44. The number of nitrogens with zero attached hydrogens (tertiary/aromatic N) is 7. The normalized spacial score (nSPS) is 18.9. The first-order valence-corrected chi connectivity index (χ1v) is 13.0. The van der Waals surface area contributed by atoms with Crippen LogP contribution >= 0.6 is 0 Å². The summed E-state index contributed by atoms with van der Waals surface area (Å²) in [6.07, 6.45) is 5.73. The molecule has 4 heterocycles. The molecule has 2 aliphatic rings. The quantitative estimate of drug-likeness (QED) is 0.489. The van der Waals surface area contributed by atoms with Crippen LogP contribution in [0.25, 0.3) is 11.2 Å². The molecule has 0 bridgehead atoms. The summed E-state index contributed by atoms with van der Waals surface area (Å²) >= 11 is 0. The van der Waals surface area contributed by atoms with Crippen molar-refractivity contribution in [2.45, 2.75) is 39.3 Å². The zero-order valence-electron chi connectivity index (χ0n) is 22.1. The van der Waals surface area contributed by atoms with E-state index in [4.69, 9.17) is 14.7 Å². The number of carbonyl (C=O) groups is 1. The number of amides is 1. The maximum atomic E-state index is 12.2. The molecule has 1 aromatic carbocycles. The topological polar surface area (TPSA) is 91.7 Å². The van der Waals surface area contributed by atoms with E-state index in [2.05, 4.69) is 65.3 Å². The zero-order chi connectivity index (χ0) is 25.9. The van der Waals surface area contributed by atoms with Crippen molar-refractivity contribution in [2.75, 3.05) is 56.5 Å². The smallest absolute Gasteiger partial charge is 0.320 e. The Morgan fingerprint density at radius 2 is 1.86 bits per heavy atom. The van der Waals surface area contributed by atoms with Crippen molar-refractivity contribution >= 4 is 34.3 Å². The highest BCUT2D eigenvalue weighted by molar-refractivity contribution is 5.88. The van der Waals surface area contributed by atoms with Gasteiger partial charge in [-0.1, -0.05) is 6.08 Å². The van der Waals surface area contributed by atoms with Crippen molar-refractivity contribution in [3.05, 3.63) is 42.7 Å². The third kappa shape index (κ3) is 5.53. The minimum Gasteiger partial charge on any atom is -0.458 e. The first kappa shape index (κ1) is 25.0. The lowest BCUT2D eigenvalue weighted by Crippen LogP contribution is -2.44. The van der Waals surface area contributed by atoms with E-state index in [9.17, 15) is 4.79 Å². The highest BCUT2D eigenvalue weighted by Crippen LogP contribution is 2.29. The maximum Gasteiger partial charge on any atom is 0.320 e. The van der Waals surface area contributed by atoms with Crippen molar-refractivity contribution in [2.24, 2.45) is 0 Å². The first-order valence-electron chi connectivity index (χ1n) is 13.0. The Bertz CT molecular complexity index is 1260. The highest BCUT2D eigenvalue weighted by atomic mass is 16.5. The van der Waals surface area contributed by atoms with Crippen LogP contribution in [0.2, 0.25) is 0 Å². The number of fused-ring (bicyclic) bond motifs is 1. The number of hydrogen-bond acceptors (Lipinski definition) is 8. The molecular formula is C27H36N8O2. The fourth-order valence-electron chi connectivity index (χ4n) is 4.79. The van der Waals surface area contributed by atoms with Gasteiger partial charge in [0.25, 0.3) is 0 Å². The summed E-state index contributed by atoms with van der Waals surface area (Å²) in [6, 6.07) is 8.91. The van der Waals surface area contributed by atoms with E-state index in [0.717, 1.165) is 43.9 Å². The first-order chi connectivity index (χ1) is 17.9. The minimum absolute atomic E-state index is 0.00484. The predicted octanol–water partition coefficient (Wildman–Crippen LogP) is 3.46. The van der Waals surface area contributed by atoms with E-state index in [1.165, 1.54) is 5.69 Å². The van der Waals surface area contributed by atoms with Crippen LogP contribution < -0.4 is 15.0 Å². The van der Waals surface area contributed by atoms with Crippen LogP contribution in [0.5, 0.6) is 6.01 Å². The Morgan fingerprint density at radius 1 is 1.11 bits per heavy atom. The summed E-state index contributed by atoms with van der Waals surface area (Å²) < 4.78 is 8.22. The minimum atomic E-state index is -0.155. The number of likely N-dealkylation sites (tertiary alicyclic amines) is 1. The summed E-state index contributed by atoms with van der Waals surface area (Å²) in [5.74, 6) is 0.608. The average Bonchev–Trinajstić information content (AvgIpc) is 3.53. The fraction of sp³-hybridized carbons (Fsp3) is 0.481. The van der Waals surface area contributed by atoms with E-state index in [0.29, 0.717) is 24.4 Å². The van der Waals surface area contributed by atoms with Gasteiger partial charge in [-0.15, -0.1) is 0 Å². The van der Waals surface area contributed by atoms with E-state index in [1.54, 1.807) is 23.4 Å². The molecule has 0 saturated carbocycles. The molecule has 3 aromatic rings. The molecule has 0 spiro atoms. The van der Waals surface area contributed by atoms with Gasteiger partial charge in [-0.3, -0.25) is 4.79 Å². The molecule has 0 aliphatic carbocycles. The lowest BCUT2D eigenvalue weighted by molar-refractivity contribution is -0.125. The van der Waals surface area contributed by atoms with Gasteiger partial charge in [0.1, 0.15) is 6.10 Å². The molecule has 10 heteroatoms. The van der Waals surface area contributed by atoms with Gasteiger partial charge in [-0.25, -0.2) is 4.98 Å². The van der Waals surface area contributed by atoms with Crippen LogP contribution in [0, 0.1) is 0 Å². The standard InChI is InChI=1S/C27H36N8O2/c1-5-6-23(36)34-12-11-22(17-34)37-27-30-25(24-26(31-27)35(18-28-24)19(2)3)29-20-7-9-21(10-8-20)33-15-13-32(4)14-16-33/h5-10,18-19,22H,11-17H2,1-4H3,(H,29,30,31)/b6-5+. The third-order valence-corrected chi connectivity index (χ3v) is 6.99. The van der Waals surface area contributed by atoms with Crippen LogP contribution in [0.3, 0.4) is 0 Å². The van der Waals surface area contributed by atoms with Crippen molar-refractivity contribution < 1.29 is 9.53 Å². The summed E-state index contributed by atoms with van der Waals surface area (Å²) in [4.78, 5) is 32.8. The van der Waals surface area contributed by atoms with E-state index >= 15 is 0 Å². The van der Waals surface area contributed by atoms with Crippen LogP contribution in [0.4, 0.5) is 17.2 Å². The largest absolute Gasteiger partial charge is 0.458 e. The van der Waals surface area contributed by atoms with Gasteiger partial charge in [-0.05, 0) is 58.2 Å². The molecule has 1 unspecified atom stereocenters. The molecule has 1 atom stereocenters. The molecule has 2 aromatic heterocycles. The third-order valence-electron chi connectivity index (χ3n) is 6.99. The number of nitrogens with one attached hydrogen (secondary N) is 1. The summed E-state index contributed by atoms with van der Waals surface area (Å²) in [5.41, 5.74) is 3.56. The Kier molecular flexibility index (Phi) is 7.27. The van der Waals surface area contributed by atoms with Crippen molar-refractivity contribution in [3.63, 3.8) is 0 Å². The molecular weight excluding hydrogens is 468 g/mol. The van der Waals surface area contributed by atoms with Gasteiger partial charge in [0.15, 0.2) is 17.0 Å². The number of imidazole rings is 1. The number of likely N-dealkylation sites (N-methyl/N-ethyl adjacent to an activating group) is 1. The average molecular weight is 505 g/mol. The number of piperazine rings is 1. The second kappa shape index (κ2) is 10.8. The Balaban J connectivity index is 1.37. The molecule has 0 radical (unpaired) electrons. The number of hydrogen-bond donors (Lipinski definition) is 1. The Hall–Kier alpha value is -3.66. The Labute approximate surface area is 217 Å². The van der Waals surface area contributed by atoms with Crippen molar-refractivity contribution in [1.29, 1.82) is 0 Å². The van der Waals surface area contributed by atoms with Gasteiger partial charge < -0.3 is 29.3 Å². The number of benzene rings is 1. The number of carbonyl (C=O) groups excluding carboxylic acids is 1. The lowest BCUT2D eigenvalue weighted by atomic mass is 10.2. The maximum absolute atomic E-state index is 12.2. The van der Waals surface area contributed by atoms with Crippen LogP contribution in [-0.4, -0.2) is 87.6 Å². The molecule has 1 N–H and O–H groups in total. The van der Waals surface area contributed by atoms with Gasteiger partial charge in [0, 0.05) is 56.6 Å². The highest BCUT2D eigenvalue weighted by Gasteiger charge is 2.28. The number of ether oxygens (including phenoxy) is 1. The van der Waals surface area contributed by atoms with Gasteiger partial charge in [0.2, 0.25) is 5.91 Å². The SMILES string of the molecule is C/C=C/C(=O)N1CCC(Oc2nc(Nc3ccc(N4CCN(C)CC4)cc3)c3ncn(C(C)C)c3n2)C1. The van der Waals surface area contributed by atoms with E-state index < -0.39 is 0 Å². The number of anilines is 3. The van der Waals surface area contributed by atoms with Crippen molar-refractivity contribution in [1.82, 2.24) is 29.3 Å². The lowest BCUT2D eigenvalue weighted by Gasteiger charge is -2.34. The summed E-state index contributed by atoms with van der Waals surface area (Å²) in [7, 11) is 2.16. The second-order valence-corrected chi connectivity index (χ2v) is 10.0. The molecule has 1 amide bonds. The number of allylic oxidation sites excluding steroid dienone is 1. The van der Waals surface area contributed by atoms with Crippen LogP contribution in [0.1, 0.15) is 33.2 Å². The van der Waals surface area contributed by atoms with Crippen molar-refractivity contribution in [3.8, 4) is 6.01 Å². The fourth-order valence-corrected chi connectivity index (χ4v) is 4.79. The van der Waals surface area contributed by atoms with Gasteiger partial charge in [0.05, 0.1) is 12.9 Å². The Morgan fingerprint density at radius 3 is 2.57 bits per heavy atom. The molecule has 2 fully saturated rings. The van der Waals surface area contributed by atoms with Gasteiger partial charge >= 0.3 is 6.01 Å². The second-order valence-electron chi connectivity index (χ2n) is 10.0. The van der Waals surface area contributed by atoms with Gasteiger partial charge in [-0.2, -0.15) is 9.97 Å². The molecule has 5 rings (SSSR count). The van der Waals surface area contributed by atoms with E-state index in [-0.39, 0.29) is 24.1 Å². The van der Waals surface area contributed by atoms with Crippen LogP contribution in [-0.2, 0) is 4.79 Å². The van der Waals surface area contributed by atoms with Crippen LogP contribution in [0.15, 0.2) is 42.7 Å². The van der Waals surface area contributed by atoms with E-state index in [1.807, 2.05) is 11.5 Å². The number of aromatic nitrogens is 4. The molecule has 10 nitrogen and oxygen atoms in total. The summed E-state index contributed by atoms with van der Waals surface area (Å²) in [6.45, 7) is 11.4. The number of rotatable bonds is 7. The molecule has 37 heavy (non-hydrogen) atoms. The molecule has 196 valence electrons. The zero-order valence-corrected chi connectivity index (χ0v) is 22.1. The monoisotopic (exact) mass is 504 g/mol. The predicted molar refractivity (Wildman–Crippen MR) is 146 cm³/mol. The molecule has 2 saturated heterocycles.